The largest absolute Gasteiger partial charge is 0.363 e. The Morgan fingerprint density at radius 1 is 1.06 bits per heavy atom. The number of anilines is 1. The molecule has 3 rings (SSSR count). The molecule has 2 aromatic carbocycles. The van der Waals surface area contributed by atoms with Crippen molar-refractivity contribution in [1.29, 1.82) is 0 Å². The maximum atomic E-state index is 11.8. The first-order valence-electron chi connectivity index (χ1n) is 9.99. The van der Waals surface area contributed by atoms with Crippen LogP contribution < -0.4 is 15.5 Å². The Kier molecular flexibility index (Phi) is 6.80. The van der Waals surface area contributed by atoms with Crippen molar-refractivity contribution in [3.8, 4) is 0 Å². The third-order valence-corrected chi connectivity index (χ3v) is 6.27. The van der Waals surface area contributed by atoms with Crippen LogP contribution in [0.1, 0.15) is 16.7 Å². The van der Waals surface area contributed by atoms with Crippen molar-refractivity contribution in [3.63, 3.8) is 0 Å². The topological polar surface area (TPSA) is 86.7 Å². The number of aryl methyl sites for hydroxylation is 1. The molecule has 0 radical (unpaired) electrons. The molecule has 0 aliphatic carbocycles. The van der Waals surface area contributed by atoms with Crippen molar-refractivity contribution < 1.29 is 8.42 Å². The minimum Gasteiger partial charge on any atom is -0.363 e. The Balaban J connectivity index is 1.71. The second-order valence-corrected chi connectivity index (χ2v) is 9.69. The summed E-state index contributed by atoms with van der Waals surface area (Å²) in [6.45, 7) is 2.93. The summed E-state index contributed by atoms with van der Waals surface area (Å²) in [6.07, 6.45) is 1.23. The van der Waals surface area contributed by atoms with Gasteiger partial charge in [-0.1, -0.05) is 30.3 Å². The summed E-state index contributed by atoms with van der Waals surface area (Å²) < 4.78 is 23.6. The predicted octanol–water partition coefficient (Wildman–Crippen LogP) is 2.88. The van der Waals surface area contributed by atoms with Gasteiger partial charge in [-0.3, -0.25) is 4.99 Å². The van der Waals surface area contributed by atoms with Gasteiger partial charge in [-0.2, -0.15) is 0 Å². The first-order chi connectivity index (χ1) is 14.7. The normalized spacial score (nSPS) is 12.1. The lowest BCUT2D eigenvalue weighted by molar-refractivity contribution is 0.601. The number of para-hydroxylation sites is 1. The van der Waals surface area contributed by atoms with E-state index in [1.54, 1.807) is 13.1 Å². The number of hydrogen-bond acceptors (Lipinski definition) is 5. The standard InChI is InChI=1S/C23H29N5O2S/c1-16-12-17(10-11-21(16)31(5,29)30)14-25-23(24-2)26-15-18-13-22(28(3)4)27-20-9-7-6-8-19(18)20/h6-13H,14-15H2,1-5H3,(H2,24,25,26). The summed E-state index contributed by atoms with van der Waals surface area (Å²) in [4.78, 5) is 11.4. The average molecular weight is 440 g/mol. The number of pyridine rings is 1. The number of hydrogen-bond donors (Lipinski definition) is 2. The number of fused-ring (bicyclic) bond motifs is 1. The molecular formula is C23H29N5O2S. The first kappa shape index (κ1) is 22.6. The van der Waals surface area contributed by atoms with Crippen molar-refractivity contribution in [2.24, 2.45) is 4.99 Å². The van der Waals surface area contributed by atoms with Crippen LogP contribution in [0, 0.1) is 6.92 Å². The number of nitrogens with zero attached hydrogens (tertiary/aromatic N) is 3. The molecule has 3 aromatic rings. The number of guanidine groups is 1. The summed E-state index contributed by atoms with van der Waals surface area (Å²) >= 11 is 0. The number of benzene rings is 2. The Bertz CT molecular complexity index is 1220. The Hall–Kier alpha value is -3.13. The maximum Gasteiger partial charge on any atom is 0.191 e. The number of sulfone groups is 1. The van der Waals surface area contributed by atoms with Crippen molar-refractivity contribution in [2.75, 3.05) is 32.3 Å². The molecule has 2 N–H and O–H groups in total. The molecule has 0 saturated heterocycles. The molecule has 1 heterocycles. The molecule has 31 heavy (non-hydrogen) atoms. The van der Waals surface area contributed by atoms with Crippen molar-refractivity contribution in [3.05, 3.63) is 65.2 Å². The average Bonchev–Trinajstić information content (AvgIpc) is 2.72. The van der Waals surface area contributed by atoms with Crippen LogP contribution in [-0.2, 0) is 22.9 Å². The van der Waals surface area contributed by atoms with Crippen LogP contribution in [0.4, 0.5) is 5.82 Å². The monoisotopic (exact) mass is 439 g/mol. The SMILES string of the molecule is CN=C(NCc1ccc(S(C)(=O)=O)c(C)c1)NCc1cc(N(C)C)nc2ccccc12. The summed E-state index contributed by atoms with van der Waals surface area (Å²) in [5.41, 5.74) is 3.81. The van der Waals surface area contributed by atoms with E-state index in [0.717, 1.165) is 33.4 Å². The van der Waals surface area contributed by atoms with Gasteiger partial charge < -0.3 is 15.5 Å². The van der Waals surface area contributed by atoms with Crippen LogP contribution in [0.25, 0.3) is 10.9 Å². The lowest BCUT2D eigenvalue weighted by atomic mass is 10.1. The minimum absolute atomic E-state index is 0.361. The van der Waals surface area contributed by atoms with E-state index in [2.05, 4.69) is 27.8 Å². The summed E-state index contributed by atoms with van der Waals surface area (Å²) in [7, 11) is 2.46. The lowest BCUT2D eigenvalue weighted by Crippen LogP contribution is -2.36. The molecule has 0 amide bonds. The zero-order chi connectivity index (χ0) is 22.6. The zero-order valence-corrected chi connectivity index (χ0v) is 19.4. The highest BCUT2D eigenvalue weighted by Crippen LogP contribution is 2.22. The van der Waals surface area contributed by atoms with E-state index >= 15 is 0 Å². The van der Waals surface area contributed by atoms with Gasteiger partial charge in [-0.25, -0.2) is 13.4 Å². The van der Waals surface area contributed by atoms with Gasteiger partial charge >= 0.3 is 0 Å². The van der Waals surface area contributed by atoms with Crippen molar-refractivity contribution in [1.82, 2.24) is 15.6 Å². The van der Waals surface area contributed by atoms with Gasteiger partial charge in [0.25, 0.3) is 0 Å². The zero-order valence-electron chi connectivity index (χ0n) is 18.6. The van der Waals surface area contributed by atoms with Crippen LogP contribution in [0.3, 0.4) is 0 Å². The molecular weight excluding hydrogens is 410 g/mol. The fourth-order valence-corrected chi connectivity index (χ4v) is 4.39. The smallest absolute Gasteiger partial charge is 0.191 e. The van der Waals surface area contributed by atoms with Gasteiger partial charge in [0.05, 0.1) is 10.4 Å². The molecule has 0 bridgehead atoms. The van der Waals surface area contributed by atoms with E-state index in [-0.39, 0.29) is 0 Å². The highest BCUT2D eigenvalue weighted by Gasteiger charge is 2.11. The first-order valence-corrected chi connectivity index (χ1v) is 11.9. The number of aliphatic imine (C=N–C) groups is 1. The van der Waals surface area contributed by atoms with Crippen LogP contribution in [0.2, 0.25) is 0 Å². The molecule has 0 spiro atoms. The van der Waals surface area contributed by atoms with Crippen molar-refractivity contribution in [2.45, 2.75) is 24.9 Å². The molecule has 164 valence electrons. The highest BCUT2D eigenvalue weighted by atomic mass is 32.2. The third-order valence-electron chi connectivity index (χ3n) is 5.02. The fraction of sp³-hybridized carbons (Fsp3) is 0.304. The van der Waals surface area contributed by atoms with Crippen molar-refractivity contribution >= 4 is 32.5 Å². The van der Waals surface area contributed by atoms with Crippen LogP contribution in [0.5, 0.6) is 0 Å². The van der Waals surface area contributed by atoms with E-state index in [9.17, 15) is 8.42 Å². The van der Waals surface area contributed by atoms with Gasteiger partial charge in [0, 0.05) is 45.9 Å². The maximum absolute atomic E-state index is 11.8. The van der Waals surface area contributed by atoms with Crippen LogP contribution >= 0.6 is 0 Å². The van der Waals surface area contributed by atoms with Gasteiger partial charge in [0.15, 0.2) is 15.8 Å². The Morgan fingerprint density at radius 3 is 2.42 bits per heavy atom. The molecule has 7 nitrogen and oxygen atoms in total. The van der Waals surface area contributed by atoms with Gasteiger partial charge in [-0.15, -0.1) is 0 Å². The molecule has 0 aliphatic rings. The summed E-state index contributed by atoms with van der Waals surface area (Å²) in [5, 5.41) is 7.75. The predicted molar refractivity (Wildman–Crippen MR) is 127 cm³/mol. The van der Waals surface area contributed by atoms with E-state index in [1.165, 1.54) is 6.26 Å². The molecule has 0 saturated carbocycles. The van der Waals surface area contributed by atoms with Crippen LogP contribution in [0.15, 0.2) is 58.4 Å². The van der Waals surface area contributed by atoms with E-state index in [1.807, 2.05) is 56.3 Å². The Labute approximate surface area is 184 Å². The van der Waals surface area contributed by atoms with E-state index in [0.29, 0.717) is 23.9 Å². The fourth-order valence-electron chi connectivity index (χ4n) is 3.43. The van der Waals surface area contributed by atoms with Gasteiger partial charge in [0.2, 0.25) is 0 Å². The highest BCUT2D eigenvalue weighted by molar-refractivity contribution is 7.90. The summed E-state index contributed by atoms with van der Waals surface area (Å²) in [6, 6.07) is 15.5. The van der Waals surface area contributed by atoms with Gasteiger partial charge in [-0.05, 0) is 41.8 Å². The quantitative estimate of drug-likeness (QED) is 0.454. The number of aromatic nitrogens is 1. The third kappa shape index (κ3) is 5.52. The van der Waals surface area contributed by atoms with Crippen LogP contribution in [-0.4, -0.2) is 46.8 Å². The molecule has 1 aromatic heterocycles. The number of rotatable bonds is 6. The minimum atomic E-state index is -3.22. The van der Waals surface area contributed by atoms with E-state index < -0.39 is 9.84 Å². The Morgan fingerprint density at radius 2 is 1.77 bits per heavy atom. The second-order valence-electron chi connectivity index (χ2n) is 7.70. The molecule has 0 aliphatic heterocycles. The number of nitrogens with one attached hydrogen (secondary N) is 2. The molecule has 0 unspecified atom stereocenters. The van der Waals surface area contributed by atoms with Gasteiger partial charge in [0.1, 0.15) is 5.82 Å². The summed E-state index contributed by atoms with van der Waals surface area (Å²) in [5.74, 6) is 1.57. The molecule has 0 atom stereocenters. The lowest BCUT2D eigenvalue weighted by Gasteiger charge is -2.17. The van der Waals surface area contributed by atoms with E-state index in [4.69, 9.17) is 4.98 Å². The second kappa shape index (κ2) is 9.34. The molecule has 8 heteroatoms. The molecule has 0 fully saturated rings.